The molecular weight excluding hydrogens is 383 g/mol. The zero-order valence-electron chi connectivity index (χ0n) is 16.0. The lowest BCUT2D eigenvalue weighted by atomic mass is 9.62. The Morgan fingerprint density at radius 2 is 1.53 bits per heavy atom. The number of aliphatic hydroxyl groups excluding tert-OH is 1. The summed E-state index contributed by atoms with van der Waals surface area (Å²) in [6, 6.07) is 23.0. The summed E-state index contributed by atoms with van der Waals surface area (Å²) >= 11 is 1.67. The van der Waals surface area contributed by atoms with Crippen molar-refractivity contribution in [1.29, 1.82) is 0 Å². The fraction of sp³-hybridized carbons (Fsp3) is 0.0833. The van der Waals surface area contributed by atoms with Crippen LogP contribution in [0.2, 0.25) is 0 Å². The number of rotatable bonds is 1. The van der Waals surface area contributed by atoms with Crippen LogP contribution in [0, 0.1) is 0 Å². The lowest BCUT2D eigenvalue weighted by Crippen LogP contribution is -2.24. The minimum atomic E-state index is -0.212. The first-order valence-electron chi connectivity index (χ1n) is 9.80. The number of allylic oxidation sites excluding steroid dienone is 2. The number of fused-ring (bicyclic) bond motifs is 7. The molecule has 2 aliphatic rings. The molecule has 6 radical (unpaired) electrons. The second-order valence-corrected chi connectivity index (χ2v) is 8.93. The lowest BCUT2D eigenvalue weighted by Gasteiger charge is -2.30. The van der Waals surface area contributed by atoms with Crippen molar-refractivity contribution in [1.82, 2.24) is 4.57 Å². The molecule has 0 bridgehead atoms. The van der Waals surface area contributed by atoms with Crippen molar-refractivity contribution in [2.45, 2.75) is 16.1 Å². The highest BCUT2D eigenvalue weighted by atomic mass is 32.2. The van der Waals surface area contributed by atoms with Crippen LogP contribution in [0.3, 0.4) is 0 Å². The van der Waals surface area contributed by atoms with Gasteiger partial charge in [-0.25, -0.2) is 0 Å². The summed E-state index contributed by atoms with van der Waals surface area (Å²) in [6.07, 6.45) is 0. The summed E-state index contributed by atoms with van der Waals surface area (Å²) in [7, 11) is 18.8. The van der Waals surface area contributed by atoms with Crippen LogP contribution in [-0.2, 0) is 0 Å². The van der Waals surface area contributed by atoms with Crippen LogP contribution in [0.5, 0.6) is 0 Å². The van der Waals surface area contributed by atoms with Gasteiger partial charge in [-0.15, -0.1) is 17.2 Å². The van der Waals surface area contributed by atoms with Gasteiger partial charge in [-0.2, -0.15) is 0 Å². The molecular formula is C24H14B3NOS. The molecule has 1 aliphatic heterocycles. The van der Waals surface area contributed by atoms with E-state index in [4.69, 9.17) is 23.5 Å². The fourth-order valence-electron chi connectivity index (χ4n) is 4.85. The topological polar surface area (TPSA) is 25.2 Å². The van der Waals surface area contributed by atoms with E-state index < -0.39 is 0 Å². The van der Waals surface area contributed by atoms with Gasteiger partial charge in [0, 0.05) is 32.5 Å². The molecule has 2 atom stereocenters. The van der Waals surface area contributed by atoms with Gasteiger partial charge in [-0.1, -0.05) is 47.3 Å². The summed E-state index contributed by atoms with van der Waals surface area (Å²) in [6.45, 7) is 0. The average molecular weight is 397 g/mol. The highest BCUT2D eigenvalue weighted by Crippen LogP contribution is 2.56. The summed E-state index contributed by atoms with van der Waals surface area (Å²) in [5, 5.41) is 12.7. The summed E-state index contributed by atoms with van der Waals surface area (Å²) in [5.41, 5.74) is 5.53. The first-order chi connectivity index (χ1) is 14.6. The Bertz CT molecular complexity index is 1420. The van der Waals surface area contributed by atoms with Crippen molar-refractivity contribution in [3.63, 3.8) is 0 Å². The summed E-state index contributed by atoms with van der Waals surface area (Å²) < 4.78 is 2.28. The van der Waals surface area contributed by atoms with E-state index in [1.54, 1.807) is 11.8 Å². The predicted molar refractivity (Wildman–Crippen MR) is 127 cm³/mol. The molecule has 2 heterocycles. The summed E-state index contributed by atoms with van der Waals surface area (Å²) in [5.74, 6) is -0.304. The second-order valence-electron chi connectivity index (χ2n) is 7.75. The highest BCUT2D eigenvalue weighted by molar-refractivity contribution is 8.00. The van der Waals surface area contributed by atoms with Crippen LogP contribution in [0.4, 0.5) is 0 Å². The van der Waals surface area contributed by atoms with Crippen LogP contribution in [0.15, 0.2) is 93.8 Å². The fourth-order valence-corrected chi connectivity index (χ4v) is 6.29. The van der Waals surface area contributed by atoms with E-state index in [0.29, 0.717) is 10.9 Å². The zero-order chi connectivity index (χ0) is 20.6. The van der Waals surface area contributed by atoms with Crippen molar-refractivity contribution >= 4 is 57.1 Å². The molecule has 0 saturated heterocycles. The zero-order valence-corrected chi connectivity index (χ0v) is 16.9. The molecule has 1 N–H and O–H groups in total. The maximum atomic E-state index is 10.5. The van der Waals surface area contributed by atoms with Gasteiger partial charge in [-0.3, -0.25) is 0 Å². The van der Waals surface area contributed by atoms with Gasteiger partial charge < -0.3 is 9.67 Å². The molecule has 0 amide bonds. The van der Waals surface area contributed by atoms with Crippen molar-refractivity contribution < 1.29 is 5.11 Å². The monoisotopic (exact) mass is 397 g/mol. The largest absolute Gasteiger partial charge is 0.510 e. The van der Waals surface area contributed by atoms with E-state index in [1.807, 2.05) is 18.2 Å². The van der Waals surface area contributed by atoms with E-state index in [9.17, 15) is 5.11 Å². The first-order valence-corrected chi connectivity index (χ1v) is 10.7. The van der Waals surface area contributed by atoms with Crippen LogP contribution >= 0.6 is 11.8 Å². The number of para-hydroxylation sites is 2. The average Bonchev–Trinajstić information content (AvgIpc) is 3.33. The number of benzene rings is 3. The molecule has 136 valence electrons. The van der Waals surface area contributed by atoms with E-state index in [0.717, 1.165) is 38.0 Å². The molecule has 4 aromatic rings. The maximum absolute atomic E-state index is 10.5. The molecule has 0 fully saturated rings. The lowest BCUT2D eigenvalue weighted by molar-refractivity contribution is 0.418. The van der Waals surface area contributed by atoms with Gasteiger partial charge in [0.1, 0.15) is 23.5 Å². The quantitative estimate of drug-likeness (QED) is 0.466. The van der Waals surface area contributed by atoms with Gasteiger partial charge in [0.15, 0.2) is 0 Å². The smallest absolute Gasteiger partial charge is 0.117 e. The molecule has 2 nitrogen and oxygen atoms in total. The summed E-state index contributed by atoms with van der Waals surface area (Å²) in [4.78, 5) is 1.13. The van der Waals surface area contributed by atoms with Crippen molar-refractivity contribution in [3.8, 4) is 5.69 Å². The predicted octanol–water partition coefficient (Wildman–Crippen LogP) is 4.84. The minimum Gasteiger partial charge on any atom is -0.510 e. The van der Waals surface area contributed by atoms with E-state index in [2.05, 4.69) is 53.1 Å². The molecule has 3 aromatic carbocycles. The number of aromatic nitrogens is 1. The molecule has 2 unspecified atom stereocenters. The Balaban J connectivity index is 1.74. The number of aliphatic hydroxyl groups is 1. The van der Waals surface area contributed by atoms with Crippen molar-refractivity contribution in [2.75, 3.05) is 0 Å². The third-order valence-corrected chi connectivity index (χ3v) is 7.59. The van der Waals surface area contributed by atoms with E-state index in [1.165, 1.54) is 0 Å². The molecule has 6 heteroatoms. The van der Waals surface area contributed by atoms with Crippen molar-refractivity contribution in [2.24, 2.45) is 0 Å². The van der Waals surface area contributed by atoms with Gasteiger partial charge in [0.25, 0.3) is 0 Å². The number of thioether (sulfide) groups is 1. The standard InChI is InChI=1S/C24H14B3NOS/c25-20-19-18-16(30-24(19)22(27)21(26)23(20)29)11-10-15-17(18)13-8-4-5-9-14(13)28(15)12-6-2-1-3-7-12/h1-11,19,24,29H. The number of hydrogen-bond donors (Lipinski definition) is 1. The van der Waals surface area contributed by atoms with Gasteiger partial charge in [0.2, 0.25) is 0 Å². The van der Waals surface area contributed by atoms with Crippen LogP contribution < -0.4 is 0 Å². The Hall–Kier alpha value is -2.72. The molecule has 0 saturated carbocycles. The van der Waals surface area contributed by atoms with Gasteiger partial charge >= 0.3 is 0 Å². The molecule has 1 aromatic heterocycles. The Morgan fingerprint density at radius 3 is 2.33 bits per heavy atom. The van der Waals surface area contributed by atoms with Gasteiger partial charge in [0.05, 0.1) is 16.8 Å². The molecule has 6 rings (SSSR count). The number of nitrogens with zero attached hydrogens (tertiary/aromatic N) is 1. The third-order valence-electron chi connectivity index (χ3n) is 6.20. The van der Waals surface area contributed by atoms with Crippen LogP contribution in [0.1, 0.15) is 11.5 Å². The molecule has 30 heavy (non-hydrogen) atoms. The molecule has 0 spiro atoms. The van der Waals surface area contributed by atoms with Gasteiger partial charge in [-0.05, 0) is 35.9 Å². The van der Waals surface area contributed by atoms with Crippen molar-refractivity contribution in [3.05, 3.63) is 94.5 Å². The maximum Gasteiger partial charge on any atom is 0.117 e. The Kier molecular flexibility index (Phi) is 3.85. The molecule has 1 aliphatic carbocycles. The Labute approximate surface area is 182 Å². The van der Waals surface area contributed by atoms with Crippen LogP contribution in [-0.4, -0.2) is 38.5 Å². The first kappa shape index (κ1) is 18.1. The minimum absolute atomic E-state index is 0.0917. The number of hydrogen-bond acceptors (Lipinski definition) is 2. The van der Waals surface area contributed by atoms with E-state index in [-0.39, 0.29) is 22.4 Å². The Morgan fingerprint density at radius 1 is 0.800 bits per heavy atom. The third kappa shape index (κ3) is 2.26. The second kappa shape index (κ2) is 6.39. The highest BCUT2D eigenvalue weighted by Gasteiger charge is 2.41. The van der Waals surface area contributed by atoms with Crippen LogP contribution in [0.25, 0.3) is 27.5 Å². The van der Waals surface area contributed by atoms with E-state index >= 15 is 0 Å². The SMILES string of the molecule is [B]C1=C([B])C2Sc3ccc4c(c3C2C([B])=C1O)c1ccccc1n4-c1ccccc1. The normalized spacial score (nSPS) is 20.8.